The fourth-order valence-electron chi connectivity index (χ4n) is 3.70. The summed E-state index contributed by atoms with van der Waals surface area (Å²) in [5.74, 6) is 0.00114. The Morgan fingerprint density at radius 1 is 1.03 bits per heavy atom. The van der Waals surface area contributed by atoms with E-state index in [9.17, 15) is 18.8 Å². The lowest BCUT2D eigenvalue weighted by Crippen LogP contribution is -2.41. The van der Waals surface area contributed by atoms with Gasteiger partial charge in [0.05, 0.1) is 31.0 Å². The van der Waals surface area contributed by atoms with Gasteiger partial charge < -0.3 is 14.8 Å². The third kappa shape index (κ3) is 5.12. The first kappa shape index (κ1) is 24.2. The first-order chi connectivity index (χ1) is 16.9. The highest BCUT2D eigenvalue weighted by Gasteiger charge is 2.18. The summed E-state index contributed by atoms with van der Waals surface area (Å²) in [5.41, 5.74) is -0.279. The van der Waals surface area contributed by atoms with E-state index in [0.29, 0.717) is 40.6 Å². The Balaban J connectivity index is 1.69. The maximum Gasteiger partial charge on any atom is 0.332 e. The van der Waals surface area contributed by atoms with Crippen LogP contribution in [-0.2, 0) is 17.9 Å². The summed E-state index contributed by atoms with van der Waals surface area (Å²) < 4.78 is 27.8. The van der Waals surface area contributed by atoms with Crippen LogP contribution >= 0.6 is 11.3 Å². The van der Waals surface area contributed by atoms with Gasteiger partial charge in [-0.25, -0.2) is 9.18 Å². The highest BCUT2D eigenvalue weighted by atomic mass is 32.1. The van der Waals surface area contributed by atoms with E-state index in [1.54, 1.807) is 35.7 Å². The SMILES string of the molecule is CCOc1ccc(OCC)c(NC(=O)Cn2c(=O)n(Cc3ccccc3F)c(=O)c3sccc32)c1. The minimum Gasteiger partial charge on any atom is -0.494 e. The lowest BCUT2D eigenvalue weighted by atomic mass is 10.2. The van der Waals surface area contributed by atoms with E-state index in [2.05, 4.69) is 5.32 Å². The van der Waals surface area contributed by atoms with Gasteiger partial charge >= 0.3 is 5.69 Å². The number of halogens is 1. The zero-order valence-corrected chi connectivity index (χ0v) is 20.1. The second-order valence-electron chi connectivity index (χ2n) is 7.56. The summed E-state index contributed by atoms with van der Waals surface area (Å²) in [5, 5.41) is 4.44. The number of amides is 1. The van der Waals surface area contributed by atoms with Crippen LogP contribution in [0.3, 0.4) is 0 Å². The molecule has 2 aromatic carbocycles. The topological polar surface area (TPSA) is 91.6 Å². The van der Waals surface area contributed by atoms with Crippen LogP contribution in [0.25, 0.3) is 10.2 Å². The van der Waals surface area contributed by atoms with Gasteiger partial charge in [0.1, 0.15) is 28.6 Å². The van der Waals surface area contributed by atoms with Crippen LogP contribution in [0.4, 0.5) is 10.1 Å². The molecule has 0 radical (unpaired) electrons. The summed E-state index contributed by atoms with van der Waals surface area (Å²) in [6.45, 7) is 3.93. The number of anilines is 1. The highest BCUT2D eigenvalue weighted by Crippen LogP contribution is 2.29. The van der Waals surface area contributed by atoms with Crippen molar-refractivity contribution in [1.29, 1.82) is 0 Å². The Kier molecular flexibility index (Phi) is 7.31. The Labute approximate surface area is 204 Å². The number of hydrogen-bond acceptors (Lipinski definition) is 6. The summed E-state index contributed by atoms with van der Waals surface area (Å²) in [6.07, 6.45) is 0. The maximum atomic E-state index is 14.2. The molecular weight excluding hydrogens is 473 g/mol. The van der Waals surface area contributed by atoms with Crippen molar-refractivity contribution in [2.75, 3.05) is 18.5 Å². The summed E-state index contributed by atoms with van der Waals surface area (Å²) in [4.78, 5) is 39.3. The molecule has 35 heavy (non-hydrogen) atoms. The van der Waals surface area contributed by atoms with Crippen molar-refractivity contribution in [2.45, 2.75) is 26.9 Å². The van der Waals surface area contributed by atoms with Gasteiger partial charge in [-0.15, -0.1) is 11.3 Å². The maximum absolute atomic E-state index is 14.2. The molecule has 1 amide bonds. The molecule has 0 saturated carbocycles. The molecule has 0 unspecified atom stereocenters. The zero-order valence-electron chi connectivity index (χ0n) is 19.2. The number of aromatic nitrogens is 2. The molecule has 0 atom stereocenters. The van der Waals surface area contributed by atoms with Gasteiger partial charge in [-0.05, 0) is 43.5 Å². The van der Waals surface area contributed by atoms with Crippen molar-refractivity contribution in [3.63, 3.8) is 0 Å². The van der Waals surface area contributed by atoms with Gasteiger partial charge in [0, 0.05) is 11.6 Å². The van der Waals surface area contributed by atoms with Crippen LogP contribution < -0.4 is 26.0 Å². The molecule has 0 aliphatic heterocycles. The highest BCUT2D eigenvalue weighted by molar-refractivity contribution is 7.17. The van der Waals surface area contributed by atoms with Crippen LogP contribution in [0.5, 0.6) is 11.5 Å². The van der Waals surface area contributed by atoms with Gasteiger partial charge in [0.25, 0.3) is 5.56 Å². The Hall–Kier alpha value is -3.92. The van der Waals surface area contributed by atoms with Crippen LogP contribution in [0.2, 0.25) is 0 Å². The fourth-order valence-corrected chi connectivity index (χ4v) is 4.54. The quantitative estimate of drug-likeness (QED) is 0.379. The molecule has 4 aromatic rings. The number of thiophene rings is 1. The largest absolute Gasteiger partial charge is 0.494 e. The smallest absolute Gasteiger partial charge is 0.332 e. The van der Waals surface area contributed by atoms with E-state index in [-0.39, 0.29) is 18.7 Å². The van der Waals surface area contributed by atoms with Gasteiger partial charge in [-0.2, -0.15) is 0 Å². The minimum absolute atomic E-state index is 0.202. The van der Waals surface area contributed by atoms with Gasteiger partial charge in [-0.3, -0.25) is 18.7 Å². The molecule has 8 nitrogen and oxygen atoms in total. The number of rotatable bonds is 9. The molecule has 182 valence electrons. The standard InChI is InChI=1S/C25H24FN3O5S/c1-3-33-17-9-10-21(34-4-2)19(13-17)27-22(30)15-28-20-11-12-35-23(20)24(31)29(25(28)32)14-16-7-5-6-8-18(16)26/h5-13H,3-4,14-15H2,1-2H3,(H,27,30). The van der Waals surface area contributed by atoms with Crippen molar-refractivity contribution in [1.82, 2.24) is 9.13 Å². The monoisotopic (exact) mass is 497 g/mol. The van der Waals surface area contributed by atoms with Gasteiger partial charge in [-0.1, -0.05) is 18.2 Å². The zero-order chi connectivity index (χ0) is 24.9. The average molecular weight is 498 g/mol. The third-order valence-corrected chi connectivity index (χ3v) is 6.15. The van der Waals surface area contributed by atoms with Crippen molar-refractivity contribution in [3.8, 4) is 11.5 Å². The molecule has 2 heterocycles. The first-order valence-electron chi connectivity index (χ1n) is 11.1. The number of carbonyl (C=O) groups excluding carboxylic acids is 1. The Bertz CT molecular complexity index is 1490. The third-order valence-electron chi connectivity index (χ3n) is 5.26. The second kappa shape index (κ2) is 10.6. The Morgan fingerprint density at radius 2 is 1.80 bits per heavy atom. The van der Waals surface area contributed by atoms with E-state index in [1.807, 2.05) is 13.8 Å². The number of ether oxygens (including phenoxy) is 2. The second-order valence-corrected chi connectivity index (χ2v) is 8.47. The van der Waals surface area contributed by atoms with E-state index in [1.165, 1.54) is 22.8 Å². The lowest BCUT2D eigenvalue weighted by Gasteiger charge is -2.15. The molecule has 4 rings (SSSR count). The Morgan fingerprint density at radius 3 is 2.54 bits per heavy atom. The van der Waals surface area contributed by atoms with Crippen LogP contribution in [0, 0.1) is 5.82 Å². The first-order valence-corrected chi connectivity index (χ1v) is 11.9. The minimum atomic E-state index is -0.701. The molecule has 1 N–H and O–H groups in total. The van der Waals surface area contributed by atoms with E-state index in [0.717, 1.165) is 15.9 Å². The summed E-state index contributed by atoms with van der Waals surface area (Å²) in [6, 6.07) is 12.6. The van der Waals surface area contributed by atoms with Crippen molar-refractivity contribution >= 4 is 33.1 Å². The van der Waals surface area contributed by atoms with Crippen molar-refractivity contribution in [2.24, 2.45) is 0 Å². The lowest BCUT2D eigenvalue weighted by molar-refractivity contribution is -0.116. The van der Waals surface area contributed by atoms with Crippen molar-refractivity contribution in [3.05, 3.63) is 86.1 Å². The molecule has 0 bridgehead atoms. The summed E-state index contributed by atoms with van der Waals surface area (Å²) >= 11 is 1.16. The normalized spacial score (nSPS) is 10.9. The van der Waals surface area contributed by atoms with Crippen molar-refractivity contribution < 1.29 is 18.7 Å². The molecule has 2 aromatic heterocycles. The molecule has 10 heteroatoms. The van der Waals surface area contributed by atoms with E-state index >= 15 is 0 Å². The van der Waals surface area contributed by atoms with Gasteiger partial charge in [0.15, 0.2) is 0 Å². The fraction of sp³-hybridized carbons (Fsp3) is 0.240. The van der Waals surface area contributed by atoms with Crippen LogP contribution in [0.1, 0.15) is 19.4 Å². The predicted molar refractivity (Wildman–Crippen MR) is 133 cm³/mol. The number of nitrogens with zero attached hydrogens (tertiary/aromatic N) is 2. The molecule has 0 aliphatic carbocycles. The van der Waals surface area contributed by atoms with Crippen LogP contribution in [0.15, 0.2) is 63.5 Å². The molecule has 0 spiro atoms. The average Bonchev–Trinajstić information content (AvgIpc) is 3.33. The number of fused-ring (bicyclic) bond motifs is 1. The summed E-state index contributed by atoms with van der Waals surface area (Å²) in [7, 11) is 0. The number of carbonyl (C=O) groups is 1. The van der Waals surface area contributed by atoms with E-state index in [4.69, 9.17) is 9.47 Å². The molecular formula is C25H24FN3O5S. The molecule has 0 aliphatic rings. The predicted octanol–water partition coefficient (Wildman–Crippen LogP) is 3.85. The van der Waals surface area contributed by atoms with E-state index < -0.39 is 23.0 Å². The van der Waals surface area contributed by atoms with Crippen LogP contribution in [-0.4, -0.2) is 28.3 Å². The molecule has 0 saturated heterocycles. The number of benzene rings is 2. The van der Waals surface area contributed by atoms with Gasteiger partial charge in [0.2, 0.25) is 5.91 Å². The number of nitrogens with one attached hydrogen (secondary N) is 1. The number of hydrogen-bond donors (Lipinski definition) is 1. The molecule has 0 fully saturated rings.